The number of aryl methyl sites for hydroxylation is 2. The van der Waals surface area contributed by atoms with Gasteiger partial charge in [0.2, 0.25) is 0 Å². The van der Waals surface area contributed by atoms with Crippen LogP contribution in [0, 0.1) is 6.92 Å². The molecular formula is C17H18N2OS2. The summed E-state index contributed by atoms with van der Waals surface area (Å²) in [4.78, 5) is 18.5. The number of aromatic nitrogens is 1. The van der Waals surface area contributed by atoms with Crippen molar-refractivity contribution in [1.29, 1.82) is 0 Å². The van der Waals surface area contributed by atoms with E-state index in [1.807, 2.05) is 6.92 Å². The second-order valence-electron chi connectivity index (χ2n) is 5.93. The molecule has 0 aliphatic heterocycles. The van der Waals surface area contributed by atoms with Crippen LogP contribution in [-0.2, 0) is 17.6 Å². The van der Waals surface area contributed by atoms with Crippen molar-refractivity contribution in [3.63, 3.8) is 0 Å². The molecule has 5 heteroatoms. The topological polar surface area (TPSA) is 42.0 Å². The summed E-state index contributed by atoms with van der Waals surface area (Å²) in [5.74, 6) is 0.0759. The van der Waals surface area contributed by atoms with E-state index in [4.69, 9.17) is 0 Å². The van der Waals surface area contributed by atoms with Crippen LogP contribution in [0.4, 0.5) is 5.00 Å². The average molecular weight is 330 g/mol. The molecule has 1 N–H and O–H groups in total. The highest BCUT2D eigenvalue weighted by atomic mass is 32.1. The van der Waals surface area contributed by atoms with Gasteiger partial charge in [0.25, 0.3) is 5.91 Å². The van der Waals surface area contributed by atoms with Crippen molar-refractivity contribution < 1.29 is 4.79 Å². The number of nitrogens with one attached hydrogen (secondary N) is 1. The Balaban J connectivity index is 1.71. The first-order chi connectivity index (χ1) is 10.7. The van der Waals surface area contributed by atoms with E-state index >= 15 is 0 Å². The van der Waals surface area contributed by atoms with Gasteiger partial charge in [0.15, 0.2) is 0 Å². The van der Waals surface area contributed by atoms with Gasteiger partial charge in [0.1, 0.15) is 10.0 Å². The van der Waals surface area contributed by atoms with Gasteiger partial charge in [0.05, 0.1) is 0 Å². The van der Waals surface area contributed by atoms with Crippen LogP contribution >= 0.6 is 22.7 Å². The van der Waals surface area contributed by atoms with Gasteiger partial charge >= 0.3 is 0 Å². The molecule has 0 saturated carbocycles. The molecule has 2 aliphatic rings. The van der Waals surface area contributed by atoms with E-state index in [2.05, 4.69) is 21.8 Å². The lowest BCUT2D eigenvalue weighted by atomic mass is 10.1. The van der Waals surface area contributed by atoms with Crippen molar-refractivity contribution in [2.45, 2.75) is 45.4 Å². The lowest BCUT2D eigenvalue weighted by molar-refractivity contribution is -0.112. The lowest BCUT2D eigenvalue weighted by Gasteiger charge is -2.07. The first-order valence-electron chi connectivity index (χ1n) is 7.80. The molecule has 0 saturated heterocycles. The predicted octanol–water partition coefficient (Wildman–Crippen LogP) is 4.72. The van der Waals surface area contributed by atoms with E-state index in [1.54, 1.807) is 22.7 Å². The summed E-state index contributed by atoms with van der Waals surface area (Å²) in [5, 5.41) is 7.30. The fourth-order valence-corrected chi connectivity index (χ4v) is 5.47. The van der Waals surface area contributed by atoms with E-state index in [0.29, 0.717) is 0 Å². The maximum atomic E-state index is 12.4. The molecule has 22 heavy (non-hydrogen) atoms. The summed E-state index contributed by atoms with van der Waals surface area (Å²) in [7, 11) is 0. The van der Waals surface area contributed by atoms with E-state index in [1.165, 1.54) is 22.4 Å². The number of anilines is 1. The standard InChI is InChI=1S/C17H18N2OS2/c1-10-9-21-16(18-10)14-12-7-4-8-13(12)22-17(14)19-15(20)11-5-2-3-6-11/h5,9H,2-4,6-8H2,1H3,(H,19,20). The van der Waals surface area contributed by atoms with Crippen molar-refractivity contribution in [3.05, 3.63) is 33.2 Å². The van der Waals surface area contributed by atoms with Gasteiger partial charge in [-0.15, -0.1) is 22.7 Å². The number of rotatable bonds is 3. The number of thiophene rings is 1. The summed E-state index contributed by atoms with van der Waals surface area (Å²) in [6, 6.07) is 0. The molecule has 0 unspecified atom stereocenters. The van der Waals surface area contributed by atoms with Gasteiger partial charge in [-0.05, 0) is 51.0 Å². The monoisotopic (exact) mass is 330 g/mol. The maximum Gasteiger partial charge on any atom is 0.251 e. The number of allylic oxidation sites excluding steroid dienone is 1. The van der Waals surface area contributed by atoms with Gasteiger partial charge in [-0.2, -0.15) is 0 Å². The normalized spacial score (nSPS) is 16.7. The van der Waals surface area contributed by atoms with E-state index < -0.39 is 0 Å². The lowest BCUT2D eigenvalue weighted by Crippen LogP contribution is -2.13. The quantitative estimate of drug-likeness (QED) is 0.885. The van der Waals surface area contributed by atoms with Gasteiger partial charge in [0, 0.05) is 27.1 Å². The molecule has 1 amide bonds. The molecule has 0 aromatic carbocycles. The smallest absolute Gasteiger partial charge is 0.251 e. The Bertz CT molecular complexity index is 770. The summed E-state index contributed by atoms with van der Waals surface area (Å²) >= 11 is 3.42. The Kier molecular flexibility index (Phi) is 3.62. The zero-order valence-electron chi connectivity index (χ0n) is 12.6. The van der Waals surface area contributed by atoms with E-state index in [0.717, 1.165) is 53.4 Å². The Hall–Kier alpha value is -1.46. The molecule has 0 atom stereocenters. The third-order valence-electron chi connectivity index (χ3n) is 4.31. The van der Waals surface area contributed by atoms with Crippen LogP contribution in [0.15, 0.2) is 17.0 Å². The van der Waals surface area contributed by atoms with Gasteiger partial charge in [-0.1, -0.05) is 6.08 Å². The molecule has 3 nitrogen and oxygen atoms in total. The number of carbonyl (C=O) groups excluding carboxylic acids is 1. The number of hydrogen-bond donors (Lipinski definition) is 1. The molecule has 0 radical (unpaired) electrons. The van der Waals surface area contributed by atoms with Crippen molar-refractivity contribution in [1.82, 2.24) is 4.98 Å². The summed E-state index contributed by atoms with van der Waals surface area (Å²) in [6.45, 7) is 2.02. The van der Waals surface area contributed by atoms with Gasteiger partial charge in [-0.3, -0.25) is 4.79 Å². The molecule has 0 bridgehead atoms. The largest absolute Gasteiger partial charge is 0.313 e. The molecule has 114 valence electrons. The number of nitrogens with zero attached hydrogens (tertiary/aromatic N) is 1. The Labute approximate surface area is 138 Å². The van der Waals surface area contributed by atoms with Gasteiger partial charge < -0.3 is 5.32 Å². The molecule has 2 heterocycles. The van der Waals surface area contributed by atoms with E-state index in [-0.39, 0.29) is 5.91 Å². The number of hydrogen-bond acceptors (Lipinski definition) is 4. The highest BCUT2D eigenvalue weighted by Gasteiger charge is 2.26. The first kappa shape index (κ1) is 14.2. The molecule has 2 aromatic rings. The molecule has 2 aliphatic carbocycles. The molecule has 0 spiro atoms. The van der Waals surface area contributed by atoms with Crippen molar-refractivity contribution in [2.75, 3.05) is 5.32 Å². The Morgan fingerprint density at radius 2 is 2.18 bits per heavy atom. The van der Waals surface area contributed by atoms with Crippen molar-refractivity contribution in [2.24, 2.45) is 0 Å². The summed E-state index contributed by atoms with van der Waals surface area (Å²) in [5.41, 5.74) is 4.58. The fraction of sp³-hybridized carbons (Fsp3) is 0.412. The minimum atomic E-state index is 0.0759. The van der Waals surface area contributed by atoms with Crippen LogP contribution in [0.5, 0.6) is 0 Å². The highest BCUT2D eigenvalue weighted by Crippen LogP contribution is 2.46. The molecule has 4 rings (SSSR count). The average Bonchev–Trinajstić information content (AvgIpc) is 3.21. The minimum absolute atomic E-state index is 0.0759. The second-order valence-corrected chi connectivity index (χ2v) is 7.89. The summed E-state index contributed by atoms with van der Waals surface area (Å²) in [6.07, 6.45) is 8.57. The van der Waals surface area contributed by atoms with E-state index in [9.17, 15) is 4.79 Å². The predicted molar refractivity (Wildman–Crippen MR) is 92.8 cm³/mol. The van der Waals surface area contributed by atoms with Crippen LogP contribution in [0.3, 0.4) is 0 Å². The molecule has 2 aromatic heterocycles. The zero-order chi connectivity index (χ0) is 15.1. The zero-order valence-corrected chi connectivity index (χ0v) is 14.2. The summed E-state index contributed by atoms with van der Waals surface area (Å²) < 4.78 is 0. The van der Waals surface area contributed by atoms with Crippen LogP contribution in [0.25, 0.3) is 10.6 Å². The molecular weight excluding hydrogens is 312 g/mol. The Morgan fingerprint density at radius 3 is 2.91 bits per heavy atom. The SMILES string of the molecule is Cc1csc(-c2c(NC(=O)C3=CCCC3)sc3c2CCC3)n1. The third kappa shape index (κ3) is 2.42. The fourth-order valence-electron chi connectivity index (χ4n) is 3.25. The number of thiazole rings is 1. The Morgan fingerprint density at radius 1 is 1.27 bits per heavy atom. The third-order valence-corrected chi connectivity index (χ3v) is 6.50. The van der Waals surface area contributed by atoms with Crippen molar-refractivity contribution in [3.8, 4) is 10.6 Å². The highest BCUT2D eigenvalue weighted by molar-refractivity contribution is 7.18. The second kappa shape index (κ2) is 5.63. The molecule has 0 fully saturated rings. The maximum absolute atomic E-state index is 12.4. The number of amides is 1. The number of fused-ring (bicyclic) bond motifs is 1. The van der Waals surface area contributed by atoms with Crippen molar-refractivity contribution >= 4 is 33.6 Å². The minimum Gasteiger partial charge on any atom is -0.313 e. The van der Waals surface area contributed by atoms with Crippen LogP contribution in [0.1, 0.15) is 41.8 Å². The van der Waals surface area contributed by atoms with Crippen LogP contribution in [0.2, 0.25) is 0 Å². The van der Waals surface area contributed by atoms with Crippen LogP contribution < -0.4 is 5.32 Å². The van der Waals surface area contributed by atoms with Crippen LogP contribution in [-0.4, -0.2) is 10.9 Å². The first-order valence-corrected chi connectivity index (χ1v) is 9.49. The number of carbonyl (C=O) groups is 1. The van der Waals surface area contributed by atoms with Gasteiger partial charge in [-0.25, -0.2) is 4.98 Å².